The van der Waals surface area contributed by atoms with Crippen LogP contribution in [0.5, 0.6) is 0 Å². The number of nitrogens with two attached hydrogens (primary N) is 2. The summed E-state index contributed by atoms with van der Waals surface area (Å²) in [7, 11) is 0. The molecule has 0 spiro atoms. The Balaban J connectivity index is 1.82. The first kappa shape index (κ1) is 20.2. The van der Waals surface area contributed by atoms with Crippen molar-refractivity contribution in [1.29, 1.82) is 5.26 Å². The van der Waals surface area contributed by atoms with Gasteiger partial charge in [-0.25, -0.2) is 0 Å². The zero-order valence-electron chi connectivity index (χ0n) is 15.8. The summed E-state index contributed by atoms with van der Waals surface area (Å²) in [5, 5.41) is 13.8. The van der Waals surface area contributed by atoms with Gasteiger partial charge < -0.3 is 16.6 Å². The lowest BCUT2D eigenvalue weighted by molar-refractivity contribution is 1.01. The van der Waals surface area contributed by atoms with Crippen LogP contribution in [-0.2, 0) is 18.6 Å². The van der Waals surface area contributed by atoms with Gasteiger partial charge in [0.05, 0.1) is 10.6 Å². The van der Waals surface area contributed by atoms with Gasteiger partial charge in [-0.15, -0.1) is 11.8 Å². The van der Waals surface area contributed by atoms with Crippen molar-refractivity contribution in [2.24, 2.45) is 16.7 Å². The Bertz CT molecular complexity index is 1120. The van der Waals surface area contributed by atoms with E-state index in [1.165, 1.54) is 17.8 Å². The van der Waals surface area contributed by atoms with E-state index in [1.807, 2.05) is 54.6 Å². The number of benzene rings is 2. The molecule has 3 rings (SSSR count). The predicted molar refractivity (Wildman–Crippen MR) is 117 cm³/mol. The average Bonchev–Trinajstić information content (AvgIpc) is 2.73. The number of nitrogens with one attached hydrogen (secondary N) is 1. The van der Waals surface area contributed by atoms with Crippen LogP contribution in [0.25, 0.3) is 0 Å². The second-order valence-electron chi connectivity index (χ2n) is 6.54. The lowest BCUT2D eigenvalue weighted by atomic mass is 10.0. The molecule has 5 N–H and O–H groups in total. The van der Waals surface area contributed by atoms with Crippen molar-refractivity contribution >= 4 is 17.6 Å². The third-order valence-corrected chi connectivity index (χ3v) is 5.44. The number of hydrogen-bond acceptors (Lipinski definition) is 5. The van der Waals surface area contributed by atoms with Gasteiger partial charge in [0.1, 0.15) is 11.9 Å². The number of hydrogen-bond donors (Lipinski definition) is 3. The first-order valence-corrected chi connectivity index (χ1v) is 10.0. The molecule has 0 saturated heterocycles. The minimum atomic E-state index is -0.210. The lowest BCUT2D eigenvalue weighted by Gasteiger charge is -2.10. The highest BCUT2D eigenvalue weighted by Crippen LogP contribution is 2.26. The fraction of sp³-hybridized carbons (Fsp3) is 0.136. The van der Waals surface area contributed by atoms with Crippen LogP contribution < -0.4 is 17.1 Å². The minimum Gasteiger partial charge on any atom is -0.385 e. The van der Waals surface area contributed by atoms with Gasteiger partial charge in [0.2, 0.25) is 5.56 Å². The fourth-order valence-electron chi connectivity index (χ4n) is 3.01. The number of rotatable bonds is 7. The van der Waals surface area contributed by atoms with Gasteiger partial charge in [0.25, 0.3) is 0 Å². The van der Waals surface area contributed by atoms with E-state index in [2.05, 4.69) is 16.2 Å². The van der Waals surface area contributed by atoms with Gasteiger partial charge in [0, 0.05) is 18.2 Å². The van der Waals surface area contributed by atoms with Crippen LogP contribution in [0.1, 0.15) is 27.8 Å². The minimum absolute atomic E-state index is 0.210. The molecule has 0 radical (unpaired) electrons. The molecule has 0 aliphatic carbocycles. The second kappa shape index (κ2) is 9.62. The van der Waals surface area contributed by atoms with E-state index in [9.17, 15) is 10.1 Å². The van der Waals surface area contributed by atoms with Gasteiger partial charge in [0.15, 0.2) is 0 Å². The third-order valence-electron chi connectivity index (χ3n) is 4.37. The maximum absolute atomic E-state index is 12.2. The Hall–Kier alpha value is -3.50. The van der Waals surface area contributed by atoms with Gasteiger partial charge >= 0.3 is 0 Å². The number of hydrazone groups is 1. The molecule has 0 bridgehead atoms. The van der Waals surface area contributed by atoms with Crippen LogP contribution in [0.15, 0.2) is 75.6 Å². The molecule has 1 aromatic heterocycles. The van der Waals surface area contributed by atoms with E-state index in [0.29, 0.717) is 35.0 Å². The van der Waals surface area contributed by atoms with Gasteiger partial charge in [-0.05, 0) is 28.7 Å². The number of nitriles is 1. The van der Waals surface area contributed by atoms with Gasteiger partial charge in [-0.1, -0.05) is 54.6 Å². The zero-order chi connectivity index (χ0) is 20.6. The maximum Gasteiger partial charge on any atom is 0.249 e. The van der Waals surface area contributed by atoms with Crippen LogP contribution in [-0.4, -0.2) is 10.8 Å². The van der Waals surface area contributed by atoms with Crippen molar-refractivity contribution in [1.82, 2.24) is 4.98 Å². The van der Waals surface area contributed by atoms with Crippen molar-refractivity contribution in [3.63, 3.8) is 0 Å². The van der Waals surface area contributed by atoms with Gasteiger partial charge in [-0.2, -0.15) is 10.4 Å². The molecule has 0 atom stereocenters. The number of H-pyrrole nitrogens is 1. The fourth-order valence-corrected chi connectivity index (χ4v) is 4.00. The number of pyridine rings is 1. The van der Waals surface area contributed by atoms with Gasteiger partial charge in [-0.3, -0.25) is 4.79 Å². The monoisotopic (exact) mass is 403 g/mol. The summed E-state index contributed by atoms with van der Waals surface area (Å²) in [5.74, 6) is 6.17. The van der Waals surface area contributed by atoms with Crippen LogP contribution in [0, 0.1) is 11.3 Å². The quantitative estimate of drug-likeness (QED) is 0.184. The summed E-state index contributed by atoms with van der Waals surface area (Å²) < 4.78 is 0. The molecule has 2 aromatic carbocycles. The summed E-state index contributed by atoms with van der Waals surface area (Å²) in [4.78, 5) is 15.0. The Morgan fingerprint density at radius 2 is 1.79 bits per heavy atom. The molecule has 0 saturated carbocycles. The number of aromatic nitrogens is 1. The van der Waals surface area contributed by atoms with E-state index in [1.54, 1.807) is 0 Å². The molecular weight excluding hydrogens is 382 g/mol. The highest BCUT2D eigenvalue weighted by atomic mass is 32.2. The van der Waals surface area contributed by atoms with Crippen molar-refractivity contribution in [3.8, 4) is 6.07 Å². The van der Waals surface area contributed by atoms with E-state index in [4.69, 9.17) is 11.6 Å². The first-order valence-electron chi connectivity index (χ1n) is 9.02. The van der Waals surface area contributed by atoms with Crippen LogP contribution in [0.3, 0.4) is 0 Å². The molecule has 0 fully saturated rings. The predicted octanol–water partition coefficient (Wildman–Crippen LogP) is 2.90. The molecule has 6 nitrogen and oxygen atoms in total. The summed E-state index contributed by atoms with van der Waals surface area (Å²) in [6, 6.07) is 21.5. The Labute approximate surface area is 173 Å². The molecule has 29 heavy (non-hydrogen) atoms. The third kappa shape index (κ3) is 5.50. The SMILES string of the molecule is N#Cc1c(Cc2ccccc2)cc(=O)[nH]c1SCc1cccc(C/C(N)=N/N)c1. The maximum atomic E-state index is 12.2. The number of thioether (sulfide) groups is 1. The standard InChI is InChI=1S/C22H21N5OS/c23-13-19-18(10-15-5-2-1-3-6-15)12-21(28)26-22(19)29-14-17-8-4-7-16(9-17)11-20(24)27-25/h1-9,12H,10-11,14,25H2,(H2,24,27)(H,26,28). The molecule has 0 aliphatic rings. The highest BCUT2D eigenvalue weighted by Gasteiger charge is 2.12. The zero-order valence-corrected chi connectivity index (χ0v) is 16.6. The summed E-state index contributed by atoms with van der Waals surface area (Å²) >= 11 is 1.43. The average molecular weight is 404 g/mol. The normalized spacial score (nSPS) is 11.2. The van der Waals surface area contributed by atoms with E-state index < -0.39 is 0 Å². The van der Waals surface area contributed by atoms with Crippen LogP contribution in [0.2, 0.25) is 0 Å². The van der Waals surface area contributed by atoms with Crippen molar-refractivity contribution in [3.05, 3.63) is 98.8 Å². The van der Waals surface area contributed by atoms with Crippen LogP contribution in [0.4, 0.5) is 0 Å². The van der Waals surface area contributed by atoms with E-state index in [0.717, 1.165) is 22.3 Å². The van der Waals surface area contributed by atoms with Crippen molar-refractivity contribution in [2.45, 2.75) is 23.6 Å². The molecule has 7 heteroatoms. The summed E-state index contributed by atoms with van der Waals surface area (Å²) in [5.41, 5.74) is 9.83. The second-order valence-corrected chi connectivity index (χ2v) is 7.53. The number of nitrogens with zero attached hydrogens (tertiary/aromatic N) is 2. The molecule has 0 aliphatic heterocycles. The molecule has 0 unspecified atom stereocenters. The molecule has 3 aromatic rings. The summed E-state index contributed by atoms with van der Waals surface area (Å²) in [6.07, 6.45) is 1.01. The number of aromatic amines is 1. The smallest absolute Gasteiger partial charge is 0.249 e. The lowest BCUT2D eigenvalue weighted by Crippen LogP contribution is -2.16. The molecule has 0 amide bonds. The first-order chi connectivity index (χ1) is 14.1. The summed E-state index contributed by atoms with van der Waals surface area (Å²) in [6.45, 7) is 0. The highest BCUT2D eigenvalue weighted by molar-refractivity contribution is 7.98. The Kier molecular flexibility index (Phi) is 6.72. The Morgan fingerprint density at radius 3 is 2.52 bits per heavy atom. The van der Waals surface area contributed by atoms with E-state index >= 15 is 0 Å². The molecule has 146 valence electrons. The van der Waals surface area contributed by atoms with Crippen molar-refractivity contribution in [2.75, 3.05) is 0 Å². The van der Waals surface area contributed by atoms with Crippen molar-refractivity contribution < 1.29 is 0 Å². The largest absolute Gasteiger partial charge is 0.385 e. The topological polar surface area (TPSA) is 121 Å². The van der Waals surface area contributed by atoms with Crippen LogP contribution >= 0.6 is 11.8 Å². The number of amidine groups is 1. The molecule has 1 heterocycles. The molecular formula is C22H21N5OS. The van der Waals surface area contributed by atoms with E-state index in [-0.39, 0.29) is 5.56 Å². The Morgan fingerprint density at radius 1 is 1.07 bits per heavy atom.